The van der Waals surface area contributed by atoms with E-state index < -0.39 is 0 Å². The van der Waals surface area contributed by atoms with Gasteiger partial charge in [-0.3, -0.25) is 14.8 Å². The molecule has 1 aliphatic heterocycles. The highest BCUT2D eigenvalue weighted by atomic mass is 16.2. The number of aromatic nitrogens is 5. The van der Waals surface area contributed by atoms with Crippen LogP contribution in [0.1, 0.15) is 18.3 Å². The first-order valence-corrected chi connectivity index (χ1v) is 10.5. The molecule has 1 saturated heterocycles. The quantitative estimate of drug-likeness (QED) is 0.627. The van der Waals surface area contributed by atoms with Crippen LogP contribution in [0.5, 0.6) is 0 Å². The highest BCUT2D eigenvalue weighted by Gasteiger charge is 2.21. The lowest BCUT2D eigenvalue weighted by molar-refractivity contribution is 0.244. The molecule has 0 spiro atoms. The molecular weight excluding hydrogens is 394 g/mol. The normalized spacial score (nSPS) is 14.6. The molecule has 10 nitrogen and oxygen atoms in total. The summed E-state index contributed by atoms with van der Waals surface area (Å²) in [5, 5.41) is 5.50. The van der Waals surface area contributed by atoms with Crippen LogP contribution < -0.4 is 15.5 Å². The van der Waals surface area contributed by atoms with Crippen LogP contribution in [0.4, 0.5) is 16.4 Å². The Balaban J connectivity index is 1.34. The zero-order valence-corrected chi connectivity index (χ0v) is 18.2. The number of pyridine rings is 1. The number of nitrogens with one attached hydrogen (secondary N) is 2. The van der Waals surface area contributed by atoms with E-state index in [1.54, 1.807) is 12.5 Å². The van der Waals surface area contributed by atoms with Crippen molar-refractivity contribution in [1.82, 2.24) is 34.3 Å². The van der Waals surface area contributed by atoms with Gasteiger partial charge in [0.05, 0.1) is 23.3 Å². The summed E-state index contributed by atoms with van der Waals surface area (Å²) in [7, 11) is 1.93. The van der Waals surface area contributed by atoms with E-state index in [1.165, 1.54) is 5.69 Å². The number of hydrogen-bond donors (Lipinski definition) is 2. The molecule has 4 heterocycles. The molecule has 0 saturated carbocycles. The lowest BCUT2D eigenvalue weighted by Gasteiger charge is -2.36. The molecule has 4 rings (SSSR count). The minimum Gasteiger partial charge on any atom is -0.368 e. The predicted molar refractivity (Wildman–Crippen MR) is 119 cm³/mol. The van der Waals surface area contributed by atoms with E-state index in [1.807, 2.05) is 41.6 Å². The third-order valence-electron chi connectivity index (χ3n) is 5.56. The minimum atomic E-state index is -0.237. The Labute approximate surface area is 181 Å². The van der Waals surface area contributed by atoms with Gasteiger partial charge in [-0.1, -0.05) is 0 Å². The topological polar surface area (TPSA) is 96.1 Å². The van der Waals surface area contributed by atoms with Crippen LogP contribution in [-0.4, -0.2) is 67.7 Å². The Morgan fingerprint density at radius 2 is 2.00 bits per heavy atom. The number of urea groups is 1. The van der Waals surface area contributed by atoms with Crippen molar-refractivity contribution in [3.8, 4) is 5.82 Å². The fourth-order valence-corrected chi connectivity index (χ4v) is 3.80. The molecule has 0 bridgehead atoms. The molecule has 10 heteroatoms. The molecule has 1 aliphatic rings. The SMILES string of the molecule is CCNC(=O)Nc1ncc(CN2CCN(c3ccc(-n4ccnc4)nc3C)CC2)n1C. The highest BCUT2D eigenvalue weighted by Crippen LogP contribution is 2.22. The number of anilines is 2. The Bertz CT molecular complexity index is 1020. The van der Waals surface area contributed by atoms with Crippen LogP contribution in [0.15, 0.2) is 37.1 Å². The van der Waals surface area contributed by atoms with E-state index in [2.05, 4.69) is 43.4 Å². The molecule has 164 valence electrons. The van der Waals surface area contributed by atoms with Gasteiger partial charge in [-0.2, -0.15) is 0 Å². The number of carbonyl (C=O) groups excluding carboxylic acids is 1. The van der Waals surface area contributed by atoms with Gasteiger partial charge in [0, 0.05) is 58.7 Å². The molecular formula is C21H29N9O. The van der Waals surface area contributed by atoms with Gasteiger partial charge in [0.25, 0.3) is 0 Å². The van der Waals surface area contributed by atoms with Crippen LogP contribution in [0.25, 0.3) is 5.82 Å². The first kappa shape index (κ1) is 20.9. The first-order chi connectivity index (χ1) is 15.0. The summed E-state index contributed by atoms with van der Waals surface area (Å²) < 4.78 is 3.85. The van der Waals surface area contributed by atoms with Gasteiger partial charge in [-0.05, 0) is 26.0 Å². The first-order valence-electron chi connectivity index (χ1n) is 10.5. The zero-order valence-electron chi connectivity index (χ0n) is 18.2. The second kappa shape index (κ2) is 9.17. The lowest BCUT2D eigenvalue weighted by atomic mass is 10.2. The van der Waals surface area contributed by atoms with Crippen LogP contribution in [-0.2, 0) is 13.6 Å². The Kier molecular flexibility index (Phi) is 6.17. The lowest BCUT2D eigenvalue weighted by Crippen LogP contribution is -2.46. The van der Waals surface area contributed by atoms with E-state index >= 15 is 0 Å². The molecule has 0 radical (unpaired) electrons. The maximum atomic E-state index is 11.7. The fourth-order valence-electron chi connectivity index (χ4n) is 3.80. The summed E-state index contributed by atoms with van der Waals surface area (Å²) in [6.45, 7) is 9.10. The fraction of sp³-hybridized carbons (Fsp3) is 0.429. The molecule has 2 amide bonds. The average Bonchev–Trinajstić information content (AvgIpc) is 3.41. The summed E-state index contributed by atoms with van der Waals surface area (Å²) in [6.07, 6.45) is 7.24. The minimum absolute atomic E-state index is 0.237. The number of piperazine rings is 1. The third kappa shape index (κ3) is 4.69. The molecule has 31 heavy (non-hydrogen) atoms. The third-order valence-corrected chi connectivity index (χ3v) is 5.56. The van der Waals surface area contributed by atoms with Gasteiger partial charge in [-0.25, -0.2) is 19.7 Å². The summed E-state index contributed by atoms with van der Waals surface area (Å²) in [6, 6.07) is 3.95. The van der Waals surface area contributed by atoms with Crippen LogP contribution >= 0.6 is 0 Å². The number of carbonyl (C=O) groups is 1. The average molecular weight is 424 g/mol. The van der Waals surface area contributed by atoms with Crippen molar-refractivity contribution >= 4 is 17.7 Å². The van der Waals surface area contributed by atoms with Gasteiger partial charge in [-0.15, -0.1) is 0 Å². The summed E-state index contributed by atoms with van der Waals surface area (Å²) in [4.78, 5) is 29.7. The molecule has 3 aromatic heterocycles. The summed E-state index contributed by atoms with van der Waals surface area (Å²) in [5.41, 5.74) is 3.27. The number of amides is 2. The van der Waals surface area contributed by atoms with Gasteiger partial charge in [0.1, 0.15) is 12.1 Å². The van der Waals surface area contributed by atoms with Crippen LogP contribution in [0, 0.1) is 6.92 Å². The van der Waals surface area contributed by atoms with Crippen molar-refractivity contribution in [3.63, 3.8) is 0 Å². The maximum absolute atomic E-state index is 11.7. The van der Waals surface area contributed by atoms with Gasteiger partial charge >= 0.3 is 6.03 Å². The van der Waals surface area contributed by atoms with Crippen molar-refractivity contribution < 1.29 is 4.79 Å². The zero-order chi connectivity index (χ0) is 21.8. The molecule has 1 fully saturated rings. The Hall–Kier alpha value is -3.40. The van der Waals surface area contributed by atoms with Crippen LogP contribution in [0.3, 0.4) is 0 Å². The number of rotatable bonds is 6. The summed E-state index contributed by atoms with van der Waals surface area (Å²) >= 11 is 0. The van der Waals surface area contributed by atoms with Crippen molar-refractivity contribution in [3.05, 3.63) is 48.4 Å². The van der Waals surface area contributed by atoms with Gasteiger partial charge in [0.2, 0.25) is 5.95 Å². The number of aryl methyl sites for hydroxylation is 1. The van der Waals surface area contributed by atoms with E-state index in [9.17, 15) is 4.79 Å². The van der Waals surface area contributed by atoms with Gasteiger partial charge in [0.15, 0.2) is 0 Å². The molecule has 2 N–H and O–H groups in total. The number of hydrogen-bond acceptors (Lipinski definition) is 6. The van der Waals surface area contributed by atoms with E-state index in [4.69, 9.17) is 4.98 Å². The molecule has 0 aromatic carbocycles. The van der Waals surface area contributed by atoms with Crippen molar-refractivity contribution in [2.75, 3.05) is 42.9 Å². The maximum Gasteiger partial charge on any atom is 0.321 e. The van der Waals surface area contributed by atoms with Crippen molar-refractivity contribution in [1.29, 1.82) is 0 Å². The Morgan fingerprint density at radius 1 is 1.19 bits per heavy atom. The van der Waals surface area contributed by atoms with Gasteiger partial charge < -0.3 is 14.8 Å². The number of nitrogens with zero attached hydrogens (tertiary/aromatic N) is 7. The highest BCUT2D eigenvalue weighted by molar-refractivity contribution is 5.87. The second-order valence-corrected chi connectivity index (χ2v) is 7.62. The molecule has 3 aromatic rings. The monoisotopic (exact) mass is 423 g/mol. The molecule has 0 unspecified atom stereocenters. The molecule has 0 atom stereocenters. The van der Waals surface area contributed by atoms with E-state index in [0.717, 1.165) is 49.9 Å². The molecule has 0 aliphatic carbocycles. The smallest absolute Gasteiger partial charge is 0.321 e. The number of imidazole rings is 2. The second-order valence-electron chi connectivity index (χ2n) is 7.62. The van der Waals surface area contributed by atoms with E-state index in [0.29, 0.717) is 12.5 Å². The Morgan fingerprint density at radius 3 is 2.68 bits per heavy atom. The van der Waals surface area contributed by atoms with Crippen LogP contribution in [0.2, 0.25) is 0 Å². The largest absolute Gasteiger partial charge is 0.368 e. The van der Waals surface area contributed by atoms with E-state index in [-0.39, 0.29) is 6.03 Å². The summed E-state index contributed by atoms with van der Waals surface area (Å²) in [5.74, 6) is 1.44. The predicted octanol–water partition coefficient (Wildman–Crippen LogP) is 1.77. The van der Waals surface area contributed by atoms with Crippen molar-refractivity contribution in [2.45, 2.75) is 20.4 Å². The standard InChI is InChI=1S/C21H29N9O/c1-4-23-21(31)26-20-24-13-17(27(20)3)14-28-9-11-29(12-10-28)18-5-6-19(25-16(18)2)30-8-7-22-15-30/h5-8,13,15H,4,9-12,14H2,1-3H3,(H2,23,24,26,31). The van der Waals surface area contributed by atoms with Crippen molar-refractivity contribution in [2.24, 2.45) is 7.05 Å².